The topological polar surface area (TPSA) is 108 Å². The smallest absolute Gasteiger partial charge is 0.462 e. The maximum absolute atomic E-state index is 12.9. The van der Waals surface area contributed by atoms with Crippen LogP contribution in [-0.4, -0.2) is 74.9 Å². The van der Waals surface area contributed by atoms with Crippen molar-refractivity contribution in [1.82, 2.24) is 0 Å². The summed E-state index contributed by atoms with van der Waals surface area (Å²) >= 11 is 0. The van der Waals surface area contributed by atoms with E-state index in [2.05, 4.69) is 38.2 Å². The summed E-state index contributed by atoms with van der Waals surface area (Å²) in [6.07, 6.45) is 105. The lowest BCUT2D eigenvalue weighted by molar-refractivity contribution is -0.870. The Kier molecular flexibility index (Phi) is 79.4. The number of esters is 2. The molecule has 0 aromatic rings. The van der Waals surface area contributed by atoms with Crippen molar-refractivity contribution < 1.29 is 42.1 Å². The monoisotopic (exact) mass is 1420 g/mol. The van der Waals surface area contributed by atoms with Crippen LogP contribution in [-0.2, 0) is 32.7 Å². The lowest BCUT2D eigenvalue weighted by Gasteiger charge is -2.24. The van der Waals surface area contributed by atoms with Crippen molar-refractivity contribution in [2.75, 3.05) is 47.5 Å². The van der Waals surface area contributed by atoms with Crippen LogP contribution in [0.1, 0.15) is 483 Å². The van der Waals surface area contributed by atoms with E-state index < -0.39 is 26.5 Å². The maximum atomic E-state index is 12.9. The quantitative estimate of drug-likeness (QED) is 0.0211. The summed E-state index contributed by atoms with van der Waals surface area (Å²) < 4.78 is 34.9. The van der Waals surface area contributed by atoms with E-state index in [1.165, 1.54) is 411 Å². The zero-order valence-electron chi connectivity index (χ0n) is 67.5. The first-order valence-corrected chi connectivity index (χ1v) is 46.1. The molecule has 2 unspecified atom stereocenters. The van der Waals surface area contributed by atoms with Gasteiger partial charge in [-0.15, -0.1) is 0 Å². The molecule has 9 nitrogen and oxygen atoms in total. The van der Waals surface area contributed by atoms with Gasteiger partial charge in [0.05, 0.1) is 27.7 Å². The van der Waals surface area contributed by atoms with Crippen molar-refractivity contribution in [1.29, 1.82) is 0 Å². The predicted molar refractivity (Wildman–Crippen MR) is 432 cm³/mol. The SMILES string of the molecule is CCCCCCC/C=C\C/C=C\CCCCCCCCCCCCCCCCCCCCCCCCCCCCCC(=O)OC(COC(=O)CCCCCCCCCCCCCCCCCCCCCCCCCCCCCCCCCCCCCC)COP(=O)(O)OCC[N+](C)(C)C. The van der Waals surface area contributed by atoms with Crippen LogP contribution in [0.2, 0.25) is 0 Å². The summed E-state index contributed by atoms with van der Waals surface area (Å²) in [7, 11) is 1.51. The minimum absolute atomic E-state index is 0.0367. The predicted octanol–water partition coefficient (Wildman–Crippen LogP) is 29.9. The first kappa shape index (κ1) is 97.5. The van der Waals surface area contributed by atoms with E-state index >= 15 is 0 Å². The van der Waals surface area contributed by atoms with E-state index in [0.29, 0.717) is 17.4 Å². The molecule has 0 heterocycles. The summed E-state index contributed by atoms with van der Waals surface area (Å²) in [4.78, 5) is 36.1. The summed E-state index contributed by atoms with van der Waals surface area (Å²) in [5.41, 5.74) is 0. The van der Waals surface area contributed by atoms with E-state index in [9.17, 15) is 19.0 Å². The zero-order chi connectivity index (χ0) is 71.8. The fourth-order valence-corrected chi connectivity index (χ4v) is 14.7. The number of quaternary nitrogens is 1. The van der Waals surface area contributed by atoms with E-state index in [1.807, 2.05) is 21.1 Å². The first-order chi connectivity index (χ1) is 48.5. The van der Waals surface area contributed by atoms with Crippen LogP contribution in [0.3, 0.4) is 0 Å². The molecule has 588 valence electrons. The third-order valence-corrected chi connectivity index (χ3v) is 21.7. The average Bonchev–Trinajstić information content (AvgIpc) is 0.989. The lowest BCUT2D eigenvalue weighted by atomic mass is 10.0. The fraction of sp³-hybridized carbons (Fsp3) is 0.933. The Hall–Kier alpha value is -1.51. The van der Waals surface area contributed by atoms with Crippen LogP contribution in [0.15, 0.2) is 24.3 Å². The first-order valence-electron chi connectivity index (χ1n) is 44.6. The number of carbonyl (C=O) groups is 2. The second-order valence-corrected chi connectivity index (χ2v) is 33.5. The highest BCUT2D eigenvalue weighted by Crippen LogP contribution is 2.43. The molecular weight excluding hydrogens is 1240 g/mol. The number of rotatable bonds is 85. The lowest BCUT2D eigenvalue weighted by Crippen LogP contribution is -2.37. The molecule has 0 rings (SSSR count). The second kappa shape index (κ2) is 80.6. The van der Waals surface area contributed by atoms with Crippen molar-refractivity contribution in [3.8, 4) is 0 Å². The molecule has 99 heavy (non-hydrogen) atoms. The summed E-state index contributed by atoms with van der Waals surface area (Å²) in [5.74, 6) is -0.765. The van der Waals surface area contributed by atoms with E-state index in [-0.39, 0.29) is 25.6 Å². The number of hydrogen-bond acceptors (Lipinski definition) is 7. The summed E-state index contributed by atoms with van der Waals surface area (Å²) in [5, 5.41) is 0. The van der Waals surface area contributed by atoms with Gasteiger partial charge in [0, 0.05) is 12.8 Å². The van der Waals surface area contributed by atoms with Crippen LogP contribution in [0.4, 0.5) is 0 Å². The second-order valence-electron chi connectivity index (χ2n) is 32.0. The van der Waals surface area contributed by atoms with Gasteiger partial charge in [0.15, 0.2) is 6.10 Å². The minimum Gasteiger partial charge on any atom is -0.462 e. The van der Waals surface area contributed by atoms with Crippen molar-refractivity contribution in [2.24, 2.45) is 0 Å². The third-order valence-electron chi connectivity index (χ3n) is 20.7. The van der Waals surface area contributed by atoms with Crippen LogP contribution >= 0.6 is 7.82 Å². The van der Waals surface area contributed by atoms with Crippen molar-refractivity contribution in [3.05, 3.63) is 24.3 Å². The van der Waals surface area contributed by atoms with Gasteiger partial charge in [0.2, 0.25) is 0 Å². The molecule has 0 aromatic carbocycles. The number of phosphoric acid groups is 1. The number of phosphoric ester groups is 1. The Balaban J connectivity index is 3.83. The minimum atomic E-state index is -4.39. The molecule has 0 aliphatic rings. The van der Waals surface area contributed by atoms with Crippen LogP contribution in [0.25, 0.3) is 0 Å². The molecule has 0 bridgehead atoms. The van der Waals surface area contributed by atoms with Crippen LogP contribution in [0.5, 0.6) is 0 Å². The van der Waals surface area contributed by atoms with Gasteiger partial charge in [-0.1, -0.05) is 449 Å². The normalized spacial score (nSPS) is 13.0. The van der Waals surface area contributed by atoms with E-state index in [1.54, 1.807) is 0 Å². The average molecular weight is 1420 g/mol. The van der Waals surface area contributed by atoms with Crippen molar-refractivity contribution in [2.45, 2.75) is 489 Å². The molecule has 1 N–H and O–H groups in total. The summed E-state index contributed by atoms with van der Waals surface area (Å²) in [6, 6.07) is 0. The Morgan fingerprint density at radius 1 is 0.313 bits per heavy atom. The molecule has 0 aliphatic carbocycles. The highest BCUT2D eigenvalue weighted by Gasteiger charge is 2.27. The number of nitrogens with zero attached hydrogens (tertiary/aromatic N) is 1. The number of carbonyl (C=O) groups excluding carboxylic acids is 2. The molecule has 0 saturated carbocycles. The Morgan fingerprint density at radius 2 is 0.545 bits per heavy atom. The fourth-order valence-electron chi connectivity index (χ4n) is 13.9. The van der Waals surface area contributed by atoms with Gasteiger partial charge in [-0.3, -0.25) is 18.6 Å². The largest absolute Gasteiger partial charge is 0.472 e. The number of hydrogen-bond donors (Lipinski definition) is 1. The van der Waals surface area contributed by atoms with E-state index in [4.69, 9.17) is 18.5 Å². The highest BCUT2D eigenvalue weighted by atomic mass is 31.2. The van der Waals surface area contributed by atoms with Gasteiger partial charge in [0.25, 0.3) is 0 Å². The molecule has 0 amide bonds. The van der Waals surface area contributed by atoms with Crippen LogP contribution in [0, 0.1) is 0 Å². The maximum Gasteiger partial charge on any atom is 0.472 e. The van der Waals surface area contributed by atoms with Gasteiger partial charge >= 0.3 is 19.8 Å². The Labute approximate surface area is 619 Å². The van der Waals surface area contributed by atoms with Crippen LogP contribution < -0.4 is 0 Å². The standard InChI is InChI=1S/C89H174NO8P/c1-6-8-10-12-14-16-18-20-22-24-26-28-30-32-34-36-38-40-42-44-45-46-48-50-52-54-56-58-60-62-64-66-68-70-72-74-76-78-80-82-89(92)98-87(86-97-99(93,94)96-84-83-90(3,4)5)85-95-88(91)81-79-77-75-73-71-69-67-65-63-61-59-57-55-53-51-49-47-43-41-39-37-35-33-31-29-27-25-23-21-19-17-15-13-11-9-7-2/h18,20,24,26,87H,6-17,19,21-23,25,27-86H2,1-5H3/p+1/b20-18-,26-24-. The molecule has 0 fully saturated rings. The Morgan fingerprint density at radius 3 is 0.798 bits per heavy atom. The molecule has 0 spiro atoms. The molecule has 10 heteroatoms. The molecular formula is C89H175NO8P+. The third kappa shape index (κ3) is 85.3. The van der Waals surface area contributed by atoms with Gasteiger partial charge in [-0.05, 0) is 44.9 Å². The van der Waals surface area contributed by atoms with Gasteiger partial charge in [0.1, 0.15) is 19.8 Å². The van der Waals surface area contributed by atoms with Gasteiger partial charge in [-0.25, -0.2) is 4.57 Å². The molecule has 0 aliphatic heterocycles. The zero-order valence-corrected chi connectivity index (χ0v) is 68.4. The number of allylic oxidation sites excluding steroid dienone is 4. The molecule has 0 saturated heterocycles. The number of likely N-dealkylation sites (N-methyl/N-ethyl adjacent to an activating group) is 1. The number of ether oxygens (including phenoxy) is 2. The van der Waals surface area contributed by atoms with Gasteiger partial charge in [-0.2, -0.15) is 0 Å². The molecule has 0 aromatic heterocycles. The van der Waals surface area contributed by atoms with Crippen molar-refractivity contribution >= 4 is 19.8 Å². The molecule has 0 radical (unpaired) electrons. The Bertz CT molecular complexity index is 1720. The highest BCUT2D eigenvalue weighted by molar-refractivity contribution is 7.47. The number of unbranched alkanes of at least 4 members (excludes halogenated alkanes) is 67. The summed E-state index contributed by atoms with van der Waals surface area (Å²) in [6.45, 7) is 4.53. The molecule has 2 atom stereocenters. The van der Waals surface area contributed by atoms with Crippen molar-refractivity contribution in [3.63, 3.8) is 0 Å². The van der Waals surface area contributed by atoms with Gasteiger partial charge < -0.3 is 18.9 Å². The van der Waals surface area contributed by atoms with E-state index in [0.717, 1.165) is 44.9 Å².